The number of hydrogen-bond donors (Lipinski definition) is 1. The zero-order valence-electron chi connectivity index (χ0n) is 12.1. The molecule has 0 amide bonds. The van der Waals surface area contributed by atoms with Gasteiger partial charge in [-0.1, -0.05) is 29.8 Å². The Balaban J connectivity index is 2.08. The van der Waals surface area contributed by atoms with Gasteiger partial charge in [0.2, 0.25) is 0 Å². The van der Waals surface area contributed by atoms with E-state index < -0.39 is 5.56 Å². The van der Waals surface area contributed by atoms with Crippen LogP contribution >= 0.6 is 11.6 Å². The number of esters is 1. The summed E-state index contributed by atoms with van der Waals surface area (Å²) in [6.07, 6.45) is 2.37. The van der Waals surface area contributed by atoms with Gasteiger partial charge in [-0.2, -0.15) is 9.78 Å². The Kier molecular flexibility index (Phi) is 5.55. The number of aromatic nitrogens is 2. The van der Waals surface area contributed by atoms with E-state index in [1.54, 1.807) is 12.1 Å². The first-order valence-electron chi connectivity index (χ1n) is 6.77. The number of nitrogens with one attached hydrogen (secondary N) is 1. The molecule has 0 aliphatic carbocycles. The maximum Gasteiger partial charge on any atom is 0.305 e. The van der Waals surface area contributed by atoms with Crippen molar-refractivity contribution in [1.82, 2.24) is 9.78 Å². The number of hydrogen-bond acceptors (Lipinski definition) is 5. The third kappa shape index (κ3) is 3.85. The van der Waals surface area contributed by atoms with E-state index in [-0.39, 0.29) is 11.0 Å². The van der Waals surface area contributed by atoms with Gasteiger partial charge in [0, 0.05) is 13.0 Å². The minimum absolute atomic E-state index is 0.0666. The third-order valence-electron chi connectivity index (χ3n) is 3.02. The van der Waals surface area contributed by atoms with Crippen LogP contribution in [0.1, 0.15) is 12.8 Å². The first-order valence-corrected chi connectivity index (χ1v) is 7.15. The molecule has 0 fully saturated rings. The summed E-state index contributed by atoms with van der Waals surface area (Å²) in [5.41, 5.74) is 0.696. The van der Waals surface area contributed by atoms with E-state index in [2.05, 4.69) is 15.2 Å². The number of halogens is 1. The number of carbonyl (C=O) groups is 1. The first kappa shape index (κ1) is 16.0. The van der Waals surface area contributed by atoms with Crippen LogP contribution in [0.25, 0.3) is 5.69 Å². The van der Waals surface area contributed by atoms with Gasteiger partial charge in [-0.3, -0.25) is 9.59 Å². The predicted molar refractivity (Wildman–Crippen MR) is 84.6 cm³/mol. The zero-order chi connectivity index (χ0) is 15.9. The molecule has 2 rings (SSSR count). The quantitative estimate of drug-likeness (QED) is 0.652. The van der Waals surface area contributed by atoms with Crippen molar-refractivity contribution in [3.63, 3.8) is 0 Å². The van der Waals surface area contributed by atoms with Crippen molar-refractivity contribution in [2.24, 2.45) is 0 Å². The highest BCUT2D eigenvalue weighted by Crippen LogP contribution is 2.16. The molecule has 0 bridgehead atoms. The summed E-state index contributed by atoms with van der Waals surface area (Å²) in [5.74, 6) is -0.273. The Hall–Kier alpha value is -2.34. The van der Waals surface area contributed by atoms with Crippen molar-refractivity contribution < 1.29 is 9.53 Å². The molecule has 0 saturated carbocycles. The fourth-order valence-corrected chi connectivity index (χ4v) is 2.06. The van der Waals surface area contributed by atoms with Crippen molar-refractivity contribution >= 4 is 23.3 Å². The van der Waals surface area contributed by atoms with Crippen molar-refractivity contribution in [1.29, 1.82) is 0 Å². The van der Waals surface area contributed by atoms with E-state index in [9.17, 15) is 9.59 Å². The zero-order valence-corrected chi connectivity index (χ0v) is 12.8. The van der Waals surface area contributed by atoms with E-state index in [1.165, 1.54) is 18.0 Å². The Bertz CT molecular complexity index is 701. The molecule has 0 unspecified atom stereocenters. The molecule has 0 radical (unpaired) electrons. The van der Waals surface area contributed by atoms with Crippen LogP contribution < -0.4 is 10.9 Å². The lowest BCUT2D eigenvalue weighted by molar-refractivity contribution is -0.140. The molecule has 0 atom stereocenters. The highest BCUT2D eigenvalue weighted by Gasteiger charge is 2.10. The highest BCUT2D eigenvalue weighted by molar-refractivity contribution is 6.32. The standard InChI is InChI=1S/C15H16ClN3O3/c1-22-13(20)8-5-9-17-12-10-18-19(15(21)14(12)16)11-6-3-2-4-7-11/h2-4,6-7,10,17H,5,8-9H2,1H3. The molecule has 0 saturated heterocycles. The van der Waals surface area contributed by atoms with Crippen LogP contribution in [0.5, 0.6) is 0 Å². The van der Waals surface area contributed by atoms with Gasteiger partial charge in [0.1, 0.15) is 5.02 Å². The molecule has 7 heteroatoms. The Morgan fingerprint density at radius 3 is 2.77 bits per heavy atom. The summed E-state index contributed by atoms with van der Waals surface area (Å²) in [6.45, 7) is 0.491. The van der Waals surface area contributed by atoms with Crippen LogP contribution in [0, 0.1) is 0 Å². The molecule has 1 N–H and O–H groups in total. The van der Waals surface area contributed by atoms with Gasteiger partial charge in [-0.25, -0.2) is 0 Å². The van der Waals surface area contributed by atoms with Gasteiger partial charge >= 0.3 is 5.97 Å². The molecule has 1 heterocycles. The van der Waals surface area contributed by atoms with Gasteiger partial charge in [-0.05, 0) is 18.6 Å². The summed E-state index contributed by atoms with van der Waals surface area (Å²) in [6, 6.07) is 9.03. The van der Waals surface area contributed by atoms with Crippen LogP contribution in [-0.4, -0.2) is 29.4 Å². The number of benzene rings is 1. The van der Waals surface area contributed by atoms with Crippen LogP contribution in [0.4, 0.5) is 5.69 Å². The number of methoxy groups -OCH3 is 1. The summed E-state index contributed by atoms with van der Waals surface area (Å²) in [4.78, 5) is 23.2. The maximum absolute atomic E-state index is 12.2. The monoisotopic (exact) mass is 321 g/mol. The van der Waals surface area contributed by atoms with E-state index >= 15 is 0 Å². The van der Waals surface area contributed by atoms with Crippen LogP contribution in [0.3, 0.4) is 0 Å². The molecular formula is C15H16ClN3O3. The molecule has 22 heavy (non-hydrogen) atoms. The summed E-state index contributed by atoms with van der Waals surface area (Å²) >= 11 is 6.09. The third-order valence-corrected chi connectivity index (χ3v) is 3.39. The Morgan fingerprint density at radius 1 is 1.36 bits per heavy atom. The van der Waals surface area contributed by atoms with Gasteiger partial charge in [-0.15, -0.1) is 0 Å². The lowest BCUT2D eigenvalue weighted by atomic mass is 10.3. The summed E-state index contributed by atoms with van der Waals surface area (Å²) < 4.78 is 5.79. The average molecular weight is 322 g/mol. The van der Waals surface area contributed by atoms with Gasteiger partial charge in [0.25, 0.3) is 5.56 Å². The van der Waals surface area contributed by atoms with Crippen LogP contribution in [0.15, 0.2) is 41.3 Å². The largest absolute Gasteiger partial charge is 0.469 e. The fourth-order valence-electron chi connectivity index (χ4n) is 1.87. The second-order valence-corrected chi connectivity index (χ2v) is 4.91. The summed E-state index contributed by atoms with van der Waals surface area (Å²) in [5, 5.41) is 7.17. The van der Waals surface area contributed by atoms with Crippen molar-refractivity contribution in [3.8, 4) is 5.69 Å². The molecule has 116 valence electrons. The molecule has 1 aromatic heterocycles. The lowest BCUT2D eigenvalue weighted by Crippen LogP contribution is -2.22. The van der Waals surface area contributed by atoms with Crippen LogP contribution in [-0.2, 0) is 9.53 Å². The molecular weight excluding hydrogens is 306 g/mol. The van der Waals surface area contributed by atoms with E-state index in [4.69, 9.17) is 11.6 Å². The molecule has 0 aliphatic heterocycles. The minimum atomic E-state index is -0.397. The Labute approximate surface area is 132 Å². The smallest absolute Gasteiger partial charge is 0.305 e. The van der Waals surface area contributed by atoms with Gasteiger partial charge in [0.15, 0.2) is 0 Å². The highest BCUT2D eigenvalue weighted by atomic mass is 35.5. The van der Waals surface area contributed by atoms with Crippen LogP contribution in [0.2, 0.25) is 5.02 Å². The number of carbonyl (C=O) groups excluding carboxylic acids is 1. The second kappa shape index (κ2) is 7.61. The fraction of sp³-hybridized carbons (Fsp3) is 0.267. The molecule has 1 aromatic carbocycles. The van der Waals surface area contributed by atoms with Gasteiger partial charge in [0.05, 0.1) is 24.7 Å². The van der Waals surface area contributed by atoms with Crippen molar-refractivity contribution in [3.05, 3.63) is 51.9 Å². The second-order valence-electron chi connectivity index (χ2n) is 4.53. The van der Waals surface area contributed by atoms with E-state index in [1.807, 2.05) is 18.2 Å². The number of rotatable bonds is 6. The van der Waals surface area contributed by atoms with Crippen molar-refractivity contribution in [2.45, 2.75) is 12.8 Å². The molecule has 6 nitrogen and oxygen atoms in total. The number of para-hydroxylation sites is 1. The van der Waals surface area contributed by atoms with E-state index in [0.717, 1.165) is 0 Å². The normalized spacial score (nSPS) is 10.3. The predicted octanol–water partition coefficient (Wildman–Crippen LogP) is 2.25. The number of nitrogens with zero attached hydrogens (tertiary/aromatic N) is 2. The lowest BCUT2D eigenvalue weighted by Gasteiger charge is -2.10. The van der Waals surface area contributed by atoms with Gasteiger partial charge < -0.3 is 10.1 Å². The SMILES string of the molecule is COC(=O)CCCNc1cnn(-c2ccccc2)c(=O)c1Cl. The topological polar surface area (TPSA) is 73.2 Å². The minimum Gasteiger partial charge on any atom is -0.469 e. The number of anilines is 1. The van der Waals surface area contributed by atoms with E-state index in [0.29, 0.717) is 30.8 Å². The average Bonchev–Trinajstić information content (AvgIpc) is 2.55. The maximum atomic E-state index is 12.2. The number of ether oxygens (including phenoxy) is 1. The molecule has 2 aromatic rings. The molecule has 0 aliphatic rings. The first-order chi connectivity index (χ1) is 10.6. The molecule has 0 spiro atoms. The van der Waals surface area contributed by atoms with Crippen molar-refractivity contribution in [2.75, 3.05) is 19.0 Å². The summed E-state index contributed by atoms with van der Waals surface area (Å²) in [7, 11) is 1.35. The Morgan fingerprint density at radius 2 is 2.09 bits per heavy atom.